The van der Waals surface area contributed by atoms with E-state index in [1.54, 1.807) is 0 Å². The zero-order valence-corrected chi connectivity index (χ0v) is 9.91. The zero-order chi connectivity index (χ0) is 13.8. The van der Waals surface area contributed by atoms with Crippen LogP contribution in [0.4, 0.5) is 11.4 Å². The zero-order valence-electron chi connectivity index (χ0n) is 9.91. The highest BCUT2D eigenvalue weighted by Gasteiger charge is 2.14. The number of hydrogen-bond donors (Lipinski definition) is 2. The Morgan fingerprint density at radius 3 is 2.89 bits per heavy atom. The number of aromatic nitrogens is 2. The first-order valence-electron chi connectivity index (χ1n) is 5.24. The molecule has 0 atom stereocenters. The van der Waals surface area contributed by atoms with Crippen molar-refractivity contribution in [3.8, 4) is 5.75 Å². The fraction of sp³-hybridized carbons (Fsp3) is 0.0909. The third-order valence-corrected chi connectivity index (χ3v) is 2.40. The second kappa shape index (κ2) is 5.17. The minimum absolute atomic E-state index is 0.136. The van der Waals surface area contributed by atoms with Crippen molar-refractivity contribution in [3.63, 3.8) is 0 Å². The van der Waals surface area contributed by atoms with Gasteiger partial charge in [-0.25, -0.2) is 0 Å². The summed E-state index contributed by atoms with van der Waals surface area (Å²) in [5.41, 5.74) is 0.403. The predicted molar refractivity (Wildman–Crippen MR) is 66.2 cm³/mol. The Balaban J connectivity index is 2.30. The highest BCUT2D eigenvalue weighted by Crippen LogP contribution is 2.29. The Bertz CT molecular complexity index is 609. The Hall–Kier alpha value is -2.90. The lowest BCUT2D eigenvalue weighted by Gasteiger charge is -2.08. The third-order valence-electron chi connectivity index (χ3n) is 2.40. The van der Waals surface area contributed by atoms with Crippen LogP contribution in [0.5, 0.6) is 5.75 Å². The van der Waals surface area contributed by atoms with Crippen LogP contribution in [0, 0.1) is 10.1 Å². The number of carbonyl (C=O) groups is 1. The van der Waals surface area contributed by atoms with Gasteiger partial charge in [0.2, 0.25) is 0 Å². The lowest BCUT2D eigenvalue weighted by molar-refractivity contribution is -0.384. The van der Waals surface area contributed by atoms with Crippen LogP contribution < -0.4 is 10.1 Å². The number of non-ortho nitro benzene ring substituents is 1. The number of H-pyrrole nitrogens is 1. The minimum Gasteiger partial charge on any atom is -0.495 e. The van der Waals surface area contributed by atoms with E-state index < -0.39 is 10.8 Å². The van der Waals surface area contributed by atoms with Crippen molar-refractivity contribution in [2.75, 3.05) is 12.4 Å². The molecule has 1 aromatic carbocycles. The number of nitrogens with one attached hydrogen (secondary N) is 2. The maximum absolute atomic E-state index is 11.8. The fourth-order valence-corrected chi connectivity index (χ4v) is 1.48. The Morgan fingerprint density at radius 2 is 2.32 bits per heavy atom. The van der Waals surface area contributed by atoms with Gasteiger partial charge in [0, 0.05) is 18.3 Å². The molecule has 8 nitrogen and oxygen atoms in total. The molecule has 1 aromatic heterocycles. The van der Waals surface area contributed by atoms with Crippen LogP contribution in [0.1, 0.15) is 10.4 Å². The van der Waals surface area contributed by atoms with Crippen molar-refractivity contribution >= 4 is 17.3 Å². The molecule has 0 saturated carbocycles. The van der Waals surface area contributed by atoms with Crippen LogP contribution >= 0.6 is 0 Å². The number of nitrogens with zero attached hydrogens (tertiary/aromatic N) is 2. The molecule has 19 heavy (non-hydrogen) atoms. The first-order valence-corrected chi connectivity index (χ1v) is 5.24. The molecule has 0 spiro atoms. The molecular weight excluding hydrogens is 252 g/mol. The van der Waals surface area contributed by atoms with Crippen LogP contribution in [-0.2, 0) is 0 Å². The molecule has 0 radical (unpaired) electrons. The van der Waals surface area contributed by atoms with Crippen molar-refractivity contribution in [2.45, 2.75) is 0 Å². The number of anilines is 1. The van der Waals surface area contributed by atoms with E-state index >= 15 is 0 Å². The Kier molecular flexibility index (Phi) is 3.42. The standard InChI is InChI=1S/C11H10N4O4/c1-19-10-3-2-8(15(17)18)4-9(10)14-11(16)7-5-12-13-6-7/h2-6H,1H3,(H,12,13)(H,14,16). The van der Waals surface area contributed by atoms with Gasteiger partial charge in [0.25, 0.3) is 11.6 Å². The quantitative estimate of drug-likeness (QED) is 0.642. The van der Waals surface area contributed by atoms with Gasteiger partial charge >= 0.3 is 0 Å². The summed E-state index contributed by atoms with van der Waals surface area (Å²) in [7, 11) is 1.41. The van der Waals surface area contributed by atoms with E-state index in [1.807, 2.05) is 0 Å². The normalized spacial score (nSPS) is 9.95. The number of ether oxygens (including phenoxy) is 1. The second-order valence-corrected chi connectivity index (χ2v) is 3.58. The first kappa shape index (κ1) is 12.6. The number of carbonyl (C=O) groups excluding carboxylic acids is 1. The van der Waals surface area contributed by atoms with Gasteiger partial charge in [-0.1, -0.05) is 0 Å². The molecule has 0 bridgehead atoms. The molecule has 0 fully saturated rings. The van der Waals surface area contributed by atoms with E-state index in [2.05, 4.69) is 15.5 Å². The van der Waals surface area contributed by atoms with Gasteiger partial charge in [-0.15, -0.1) is 0 Å². The molecule has 1 heterocycles. The predicted octanol–water partition coefficient (Wildman–Crippen LogP) is 1.58. The topological polar surface area (TPSA) is 110 Å². The van der Waals surface area contributed by atoms with E-state index in [-0.39, 0.29) is 11.4 Å². The number of amides is 1. The summed E-state index contributed by atoms with van der Waals surface area (Å²) in [5, 5.41) is 19.4. The summed E-state index contributed by atoms with van der Waals surface area (Å²) >= 11 is 0. The van der Waals surface area contributed by atoms with Crippen LogP contribution in [0.15, 0.2) is 30.6 Å². The van der Waals surface area contributed by atoms with Crippen molar-refractivity contribution in [3.05, 3.63) is 46.3 Å². The highest BCUT2D eigenvalue weighted by molar-refractivity contribution is 6.04. The lowest BCUT2D eigenvalue weighted by Crippen LogP contribution is -2.12. The molecular formula is C11H10N4O4. The molecule has 0 aliphatic heterocycles. The molecule has 0 saturated heterocycles. The van der Waals surface area contributed by atoms with Crippen LogP contribution in [-0.4, -0.2) is 28.1 Å². The van der Waals surface area contributed by atoms with Crippen molar-refractivity contribution in [2.24, 2.45) is 0 Å². The molecule has 98 valence electrons. The number of benzene rings is 1. The summed E-state index contributed by atoms with van der Waals surface area (Å²) in [6.07, 6.45) is 2.76. The summed E-state index contributed by atoms with van der Waals surface area (Å²) in [5.74, 6) is -0.102. The molecule has 1 amide bonds. The van der Waals surface area contributed by atoms with E-state index in [1.165, 1.54) is 37.7 Å². The number of hydrogen-bond acceptors (Lipinski definition) is 5. The summed E-state index contributed by atoms with van der Waals surface area (Å²) < 4.78 is 5.04. The molecule has 0 aliphatic rings. The SMILES string of the molecule is COc1ccc([N+](=O)[O-])cc1NC(=O)c1cn[nH]c1. The van der Waals surface area contributed by atoms with Gasteiger partial charge in [-0.2, -0.15) is 5.10 Å². The maximum Gasteiger partial charge on any atom is 0.271 e. The van der Waals surface area contributed by atoms with E-state index in [0.717, 1.165) is 0 Å². The smallest absolute Gasteiger partial charge is 0.271 e. The van der Waals surface area contributed by atoms with Crippen LogP contribution in [0.2, 0.25) is 0 Å². The molecule has 2 aromatic rings. The lowest BCUT2D eigenvalue weighted by atomic mass is 10.2. The number of methoxy groups -OCH3 is 1. The van der Waals surface area contributed by atoms with E-state index in [4.69, 9.17) is 4.74 Å². The Morgan fingerprint density at radius 1 is 1.53 bits per heavy atom. The molecule has 2 rings (SSSR count). The number of aromatic amines is 1. The summed E-state index contributed by atoms with van der Waals surface area (Å²) in [6, 6.07) is 3.95. The van der Waals surface area contributed by atoms with Gasteiger partial charge in [0.1, 0.15) is 5.75 Å². The van der Waals surface area contributed by atoms with Gasteiger partial charge in [-0.3, -0.25) is 20.0 Å². The third kappa shape index (κ3) is 2.68. The van der Waals surface area contributed by atoms with Gasteiger partial charge in [0.15, 0.2) is 0 Å². The van der Waals surface area contributed by atoms with E-state index in [9.17, 15) is 14.9 Å². The first-order chi connectivity index (χ1) is 9.11. The fourth-order valence-electron chi connectivity index (χ4n) is 1.48. The monoisotopic (exact) mass is 262 g/mol. The van der Waals surface area contributed by atoms with Crippen molar-refractivity contribution < 1.29 is 14.5 Å². The van der Waals surface area contributed by atoms with Crippen LogP contribution in [0.3, 0.4) is 0 Å². The average Bonchev–Trinajstić information content (AvgIpc) is 2.92. The minimum atomic E-state index is -0.549. The van der Waals surface area contributed by atoms with Gasteiger partial charge in [-0.05, 0) is 6.07 Å². The summed E-state index contributed by atoms with van der Waals surface area (Å²) in [6.45, 7) is 0. The van der Waals surface area contributed by atoms with Crippen molar-refractivity contribution in [1.29, 1.82) is 0 Å². The van der Waals surface area contributed by atoms with E-state index in [0.29, 0.717) is 11.3 Å². The maximum atomic E-state index is 11.8. The van der Waals surface area contributed by atoms with Crippen LogP contribution in [0.25, 0.3) is 0 Å². The number of rotatable bonds is 4. The molecule has 8 heteroatoms. The summed E-state index contributed by atoms with van der Waals surface area (Å²) in [4.78, 5) is 22.0. The number of nitro groups is 1. The average molecular weight is 262 g/mol. The molecule has 0 unspecified atom stereocenters. The second-order valence-electron chi connectivity index (χ2n) is 3.58. The highest BCUT2D eigenvalue weighted by atomic mass is 16.6. The number of nitro benzene ring substituents is 1. The van der Waals surface area contributed by atoms with Gasteiger partial charge < -0.3 is 10.1 Å². The Labute approximate surface area is 107 Å². The largest absolute Gasteiger partial charge is 0.495 e. The molecule has 2 N–H and O–H groups in total. The van der Waals surface area contributed by atoms with Crippen molar-refractivity contribution in [1.82, 2.24) is 10.2 Å². The molecule has 0 aliphatic carbocycles. The van der Waals surface area contributed by atoms with Gasteiger partial charge in [0.05, 0.1) is 29.5 Å².